The third-order valence-corrected chi connectivity index (χ3v) is 3.68. The minimum Gasteiger partial charge on any atom is -0.476 e. The summed E-state index contributed by atoms with van der Waals surface area (Å²) < 4.78 is 15.6. The largest absolute Gasteiger partial charge is 0.476 e. The fourth-order valence-corrected chi connectivity index (χ4v) is 2.15. The van der Waals surface area contributed by atoms with Gasteiger partial charge in [-0.25, -0.2) is 9.18 Å². The Bertz CT molecular complexity index is 642. The van der Waals surface area contributed by atoms with Crippen molar-refractivity contribution >= 4 is 33.5 Å². The summed E-state index contributed by atoms with van der Waals surface area (Å²) >= 11 is 9.21. The van der Waals surface area contributed by atoms with Crippen LogP contribution in [0.15, 0.2) is 22.7 Å². The highest BCUT2D eigenvalue weighted by Gasteiger charge is 2.19. The predicted octanol–water partition coefficient (Wildman–Crippen LogP) is 3.34. The minimum absolute atomic E-state index is 0.119. The van der Waals surface area contributed by atoms with Gasteiger partial charge < -0.3 is 5.11 Å². The van der Waals surface area contributed by atoms with Crippen LogP contribution in [0.2, 0.25) is 5.02 Å². The highest BCUT2D eigenvalue weighted by atomic mass is 79.9. The van der Waals surface area contributed by atoms with Gasteiger partial charge in [0.05, 0.1) is 16.3 Å². The van der Waals surface area contributed by atoms with Crippen LogP contribution in [0.1, 0.15) is 10.5 Å². The predicted molar refractivity (Wildman–Crippen MR) is 68.3 cm³/mol. The van der Waals surface area contributed by atoms with E-state index in [9.17, 15) is 9.18 Å². The maximum absolute atomic E-state index is 13.8. The van der Waals surface area contributed by atoms with Crippen LogP contribution >= 0.6 is 27.5 Å². The molecule has 2 rings (SSSR count). The third-order valence-electron chi connectivity index (χ3n) is 2.40. The van der Waals surface area contributed by atoms with E-state index in [1.807, 2.05) is 0 Å². The van der Waals surface area contributed by atoms with Crippen LogP contribution in [0.25, 0.3) is 11.3 Å². The topological polar surface area (TPSA) is 55.1 Å². The lowest BCUT2D eigenvalue weighted by Gasteiger charge is -2.07. The number of aromatic carboxylic acids is 1. The Morgan fingerprint density at radius 3 is 2.78 bits per heavy atom. The number of hydrogen-bond donors (Lipinski definition) is 1. The number of carbonyl (C=O) groups is 1. The molecule has 0 bridgehead atoms. The van der Waals surface area contributed by atoms with Crippen LogP contribution < -0.4 is 0 Å². The van der Waals surface area contributed by atoms with Gasteiger partial charge in [-0.05, 0) is 34.1 Å². The fourth-order valence-electron chi connectivity index (χ4n) is 1.57. The van der Waals surface area contributed by atoms with Gasteiger partial charge in [0.2, 0.25) is 0 Å². The van der Waals surface area contributed by atoms with E-state index in [1.54, 1.807) is 0 Å². The lowest BCUT2D eigenvalue weighted by Crippen LogP contribution is -1.99. The van der Waals surface area contributed by atoms with Gasteiger partial charge in [-0.2, -0.15) is 5.10 Å². The summed E-state index contributed by atoms with van der Waals surface area (Å²) in [5, 5.41) is 12.8. The van der Waals surface area contributed by atoms with Crippen LogP contribution in [0.3, 0.4) is 0 Å². The zero-order chi connectivity index (χ0) is 13.4. The Labute approximate surface area is 115 Å². The fraction of sp³-hybridized carbons (Fsp3) is 0.0909. The molecule has 1 aromatic carbocycles. The molecular formula is C11H7BrClFN2O2. The molecular weight excluding hydrogens is 326 g/mol. The lowest BCUT2D eigenvalue weighted by molar-refractivity contribution is 0.0689. The summed E-state index contributed by atoms with van der Waals surface area (Å²) in [4.78, 5) is 10.8. The zero-order valence-corrected chi connectivity index (χ0v) is 11.5. The molecule has 1 aromatic heterocycles. The number of aryl methyl sites for hydroxylation is 1. The first-order valence-electron chi connectivity index (χ1n) is 4.83. The highest BCUT2D eigenvalue weighted by molar-refractivity contribution is 9.10. The Morgan fingerprint density at radius 1 is 1.56 bits per heavy atom. The molecule has 0 aliphatic heterocycles. The van der Waals surface area contributed by atoms with Crippen molar-refractivity contribution in [2.24, 2.45) is 7.05 Å². The monoisotopic (exact) mass is 332 g/mol. The molecule has 0 unspecified atom stereocenters. The summed E-state index contributed by atoms with van der Waals surface area (Å²) in [5.74, 6) is -1.72. The maximum Gasteiger partial charge on any atom is 0.356 e. The van der Waals surface area contributed by atoms with Gasteiger partial charge in [-0.3, -0.25) is 4.68 Å². The lowest BCUT2D eigenvalue weighted by atomic mass is 10.1. The minimum atomic E-state index is -1.18. The molecule has 2 aromatic rings. The third kappa shape index (κ3) is 2.13. The number of benzene rings is 1. The Balaban J connectivity index is 2.69. The van der Waals surface area contributed by atoms with Crippen LogP contribution in [0.4, 0.5) is 4.39 Å². The smallest absolute Gasteiger partial charge is 0.356 e. The summed E-state index contributed by atoms with van der Waals surface area (Å²) in [6, 6.07) is 4.01. The zero-order valence-electron chi connectivity index (χ0n) is 9.12. The molecule has 0 aliphatic carbocycles. The van der Waals surface area contributed by atoms with Crippen LogP contribution in [-0.2, 0) is 7.05 Å². The van der Waals surface area contributed by atoms with Crippen LogP contribution in [-0.4, -0.2) is 20.9 Å². The normalized spacial score (nSPS) is 10.7. The molecule has 0 amide bonds. The van der Waals surface area contributed by atoms with Crippen molar-refractivity contribution in [1.82, 2.24) is 9.78 Å². The summed E-state index contributed by atoms with van der Waals surface area (Å²) in [7, 11) is 1.53. The van der Waals surface area contributed by atoms with Crippen molar-refractivity contribution in [2.45, 2.75) is 0 Å². The number of nitrogens with zero attached hydrogens (tertiary/aromatic N) is 2. The number of halogens is 3. The molecule has 0 spiro atoms. The van der Waals surface area contributed by atoms with Gasteiger partial charge in [-0.1, -0.05) is 11.6 Å². The van der Waals surface area contributed by atoms with Gasteiger partial charge in [0.1, 0.15) is 5.82 Å². The van der Waals surface area contributed by atoms with E-state index in [1.165, 1.54) is 29.9 Å². The van der Waals surface area contributed by atoms with Crippen LogP contribution in [0, 0.1) is 5.82 Å². The molecule has 0 saturated carbocycles. The average molecular weight is 334 g/mol. The highest BCUT2D eigenvalue weighted by Crippen LogP contribution is 2.35. The van der Waals surface area contributed by atoms with E-state index >= 15 is 0 Å². The van der Waals surface area contributed by atoms with E-state index in [-0.39, 0.29) is 16.3 Å². The Hall–Kier alpha value is -1.40. The molecule has 0 saturated heterocycles. The molecule has 94 valence electrons. The number of carboxylic acids is 1. The second-order valence-electron chi connectivity index (χ2n) is 3.56. The molecule has 18 heavy (non-hydrogen) atoms. The summed E-state index contributed by atoms with van der Waals surface area (Å²) in [6.07, 6.45) is 0. The average Bonchev–Trinajstić information content (AvgIpc) is 2.67. The molecule has 0 fully saturated rings. The first-order chi connectivity index (χ1) is 8.41. The molecule has 4 nitrogen and oxygen atoms in total. The Morgan fingerprint density at radius 2 is 2.22 bits per heavy atom. The second-order valence-corrected chi connectivity index (χ2v) is 4.79. The molecule has 0 radical (unpaired) electrons. The van der Waals surface area contributed by atoms with E-state index in [4.69, 9.17) is 16.7 Å². The van der Waals surface area contributed by atoms with Gasteiger partial charge >= 0.3 is 5.97 Å². The van der Waals surface area contributed by atoms with Gasteiger partial charge in [0, 0.05) is 11.5 Å². The quantitative estimate of drug-likeness (QED) is 0.858. The van der Waals surface area contributed by atoms with Gasteiger partial charge in [-0.15, -0.1) is 0 Å². The molecule has 1 N–H and O–H groups in total. The SMILES string of the molecule is Cn1nc(C(=O)O)cc1-c1c(F)ccc(Br)c1Cl. The molecule has 7 heteroatoms. The molecule has 0 aliphatic rings. The first kappa shape index (κ1) is 13.0. The van der Waals surface area contributed by atoms with Crippen molar-refractivity contribution in [3.63, 3.8) is 0 Å². The summed E-state index contributed by atoms with van der Waals surface area (Å²) in [6.45, 7) is 0. The van der Waals surface area contributed by atoms with Gasteiger partial charge in [0.15, 0.2) is 5.69 Å². The summed E-state index contributed by atoms with van der Waals surface area (Å²) in [5.41, 5.74) is 0.257. The Kier molecular flexibility index (Phi) is 3.41. The number of aromatic nitrogens is 2. The van der Waals surface area contributed by atoms with Crippen molar-refractivity contribution < 1.29 is 14.3 Å². The second kappa shape index (κ2) is 4.70. The first-order valence-corrected chi connectivity index (χ1v) is 6.00. The standard InChI is InChI=1S/C11H7BrClFN2O2/c1-16-8(4-7(15-16)11(17)18)9-6(14)3-2-5(12)10(9)13/h2-4H,1H3,(H,17,18). The van der Waals surface area contributed by atoms with Crippen molar-refractivity contribution in [1.29, 1.82) is 0 Å². The number of hydrogen-bond acceptors (Lipinski definition) is 2. The van der Waals surface area contributed by atoms with Gasteiger partial charge in [0.25, 0.3) is 0 Å². The van der Waals surface area contributed by atoms with Crippen molar-refractivity contribution in [3.05, 3.63) is 39.2 Å². The van der Waals surface area contributed by atoms with Crippen molar-refractivity contribution in [2.75, 3.05) is 0 Å². The molecule has 1 heterocycles. The van der Waals surface area contributed by atoms with E-state index in [2.05, 4.69) is 21.0 Å². The van der Waals surface area contributed by atoms with Crippen molar-refractivity contribution in [3.8, 4) is 11.3 Å². The van der Waals surface area contributed by atoms with E-state index < -0.39 is 11.8 Å². The maximum atomic E-state index is 13.8. The number of rotatable bonds is 2. The van der Waals surface area contributed by atoms with E-state index in [0.29, 0.717) is 10.2 Å². The van der Waals surface area contributed by atoms with E-state index in [0.717, 1.165) is 0 Å². The number of carboxylic acid groups (broad SMARTS) is 1. The van der Waals surface area contributed by atoms with Crippen LogP contribution in [0.5, 0.6) is 0 Å². The molecule has 0 atom stereocenters.